The van der Waals surface area contributed by atoms with Crippen LogP contribution in [0.2, 0.25) is 0 Å². The summed E-state index contributed by atoms with van der Waals surface area (Å²) >= 11 is 1.51. The Morgan fingerprint density at radius 2 is 1.44 bits per heavy atom. The number of carboxylic acid groups (broad SMARTS) is 1. The van der Waals surface area contributed by atoms with Crippen LogP contribution in [0.5, 0.6) is 0 Å². The number of hydrogen-bond donors (Lipinski definition) is 7. The lowest BCUT2D eigenvalue weighted by Gasteiger charge is -2.25. The number of nitrogens with one attached hydrogen (secondary N) is 3. The molecule has 0 aliphatic heterocycles. The Bertz CT molecular complexity index is 693. The minimum Gasteiger partial charge on any atom is -0.480 e. The minimum atomic E-state index is -1.33. The van der Waals surface area contributed by atoms with Gasteiger partial charge in [0.25, 0.3) is 0 Å². The first-order valence-corrected chi connectivity index (χ1v) is 12.7. The molecule has 0 radical (unpaired) electrons. The summed E-state index contributed by atoms with van der Waals surface area (Å²) in [4.78, 5) is 61.1. The van der Waals surface area contributed by atoms with Crippen LogP contribution in [0.15, 0.2) is 0 Å². The summed E-state index contributed by atoms with van der Waals surface area (Å²) in [6, 6.07) is -4.43. The van der Waals surface area contributed by atoms with Gasteiger partial charge in [0.1, 0.15) is 18.1 Å². The normalized spacial score (nSPS) is 14.5. The van der Waals surface area contributed by atoms with Gasteiger partial charge in [-0.3, -0.25) is 19.2 Å². The number of rotatable bonds is 18. The number of amides is 4. The predicted molar refractivity (Wildman–Crippen MR) is 131 cm³/mol. The van der Waals surface area contributed by atoms with Gasteiger partial charge in [-0.2, -0.15) is 11.8 Å². The molecule has 34 heavy (non-hydrogen) atoms. The fraction of sp³-hybridized carbons (Fsp3) is 0.762. The molecule has 0 saturated heterocycles. The van der Waals surface area contributed by atoms with E-state index in [2.05, 4.69) is 16.0 Å². The second kappa shape index (κ2) is 17.1. The van der Waals surface area contributed by atoms with Crippen molar-refractivity contribution in [2.75, 3.05) is 18.6 Å². The molecule has 0 aliphatic carbocycles. The quantitative estimate of drug-likeness (QED) is 0.110. The molecule has 0 aliphatic rings. The molecule has 4 atom stereocenters. The number of primary amides is 1. The molecule has 0 fully saturated rings. The molecule has 0 bridgehead atoms. The van der Waals surface area contributed by atoms with E-state index >= 15 is 0 Å². The van der Waals surface area contributed by atoms with Gasteiger partial charge in [0.05, 0.1) is 12.5 Å². The molecule has 0 aromatic carbocycles. The molecule has 0 rings (SSSR count). The summed E-state index contributed by atoms with van der Waals surface area (Å²) in [5.41, 5.74) is 16.5. The van der Waals surface area contributed by atoms with Gasteiger partial charge >= 0.3 is 5.97 Å². The van der Waals surface area contributed by atoms with Gasteiger partial charge in [-0.25, -0.2) is 4.79 Å². The molecule has 0 aromatic heterocycles. The van der Waals surface area contributed by atoms with Gasteiger partial charge in [-0.1, -0.05) is 13.8 Å². The molecule has 12 nitrogen and oxygen atoms in total. The fourth-order valence-electron chi connectivity index (χ4n) is 3.06. The molecule has 0 saturated carbocycles. The van der Waals surface area contributed by atoms with Crippen LogP contribution in [0.3, 0.4) is 0 Å². The zero-order valence-electron chi connectivity index (χ0n) is 20.2. The fourth-order valence-corrected chi connectivity index (χ4v) is 3.55. The number of hydrogen-bond acceptors (Lipinski definition) is 8. The minimum absolute atomic E-state index is 0.0271. The van der Waals surface area contributed by atoms with Crippen molar-refractivity contribution in [3.63, 3.8) is 0 Å². The second-order valence-corrected chi connectivity index (χ2v) is 9.48. The van der Waals surface area contributed by atoms with Crippen molar-refractivity contribution in [2.24, 2.45) is 23.1 Å². The highest BCUT2D eigenvalue weighted by Crippen LogP contribution is 2.09. The van der Waals surface area contributed by atoms with Crippen molar-refractivity contribution in [1.29, 1.82) is 0 Å². The van der Waals surface area contributed by atoms with Crippen LogP contribution >= 0.6 is 11.8 Å². The van der Waals surface area contributed by atoms with Gasteiger partial charge in [0.15, 0.2) is 0 Å². The third-order valence-corrected chi connectivity index (χ3v) is 5.55. The standard InChI is InChI=1S/C21H40N6O6S/c1-12(2)10-15(19(30)25-14(21(32)33)6-4-5-8-22)27-20(31)16(11-17(24)28)26-18(29)13(23)7-9-34-3/h12-16H,4-11,22-23H2,1-3H3,(H2,24,28)(H,25,30)(H,26,29)(H,27,31)(H,32,33). The van der Waals surface area contributed by atoms with E-state index in [1.54, 1.807) is 0 Å². The maximum Gasteiger partial charge on any atom is 0.326 e. The lowest BCUT2D eigenvalue weighted by Crippen LogP contribution is -2.58. The van der Waals surface area contributed by atoms with Crippen molar-refractivity contribution in [2.45, 2.75) is 76.5 Å². The average molecular weight is 505 g/mol. The van der Waals surface area contributed by atoms with E-state index in [0.717, 1.165) is 0 Å². The van der Waals surface area contributed by atoms with Crippen LogP contribution in [0.1, 0.15) is 52.4 Å². The highest BCUT2D eigenvalue weighted by atomic mass is 32.2. The van der Waals surface area contributed by atoms with Crippen molar-refractivity contribution >= 4 is 41.4 Å². The average Bonchev–Trinajstić information content (AvgIpc) is 2.74. The maximum absolute atomic E-state index is 12.9. The molecule has 196 valence electrons. The zero-order chi connectivity index (χ0) is 26.3. The summed E-state index contributed by atoms with van der Waals surface area (Å²) < 4.78 is 0. The number of unbranched alkanes of at least 4 members (excludes halogenated alkanes) is 1. The Labute approximate surface area is 204 Å². The molecular formula is C21H40N6O6S. The smallest absolute Gasteiger partial charge is 0.326 e. The Kier molecular flexibility index (Phi) is 15.9. The van der Waals surface area contributed by atoms with E-state index < -0.39 is 60.2 Å². The molecule has 13 heteroatoms. The summed E-state index contributed by atoms with van der Waals surface area (Å²) in [7, 11) is 0. The Morgan fingerprint density at radius 1 is 0.882 bits per heavy atom. The van der Waals surface area contributed by atoms with E-state index in [9.17, 15) is 29.1 Å². The topological polar surface area (TPSA) is 220 Å². The van der Waals surface area contributed by atoms with E-state index in [0.29, 0.717) is 31.6 Å². The van der Waals surface area contributed by atoms with Crippen LogP contribution in [0.4, 0.5) is 0 Å². The molecule has 0 spiro atoms. The number of aliphatic carboxylic acids is 1. The molecule has 10 N–H and O–H groups in total. The zero-order valence-corrected chi connectivity index (χ0v) is 21.0. The summed E-state index contributed by atoms with van der Waals surface area (Å²) in [6.45, 7) is 4.06. The molecule has 0 aromatic rings. The first-order valence-electron chi connectivity index (χ1n) is 11.3. The molecule has 4 unspecified atom stereocenters. The van der Waals surface area contributed by atoms with Crippen LogP contribution in [0, 0.1) is 5.92 Å². The van der Waals surface area contributed by atoms with Crippen molar-refractivity contribution in [3.8, 4) is 0 Å². The van der Waals surface area contributed by atoms with Crippen LogP contribution < -0.4 is 33.2 Å². The lowest BCUT2D eigenvalue weighted by atomic mass is 10.0. The SMILES string of the molecule is CSCCC(N)C(=O)NC(CC(N)=O)C(=O)NC(CC(C)C)C(=O)NC(CCCCN)C(=O)O. The monoisotopic (exact) mass is 504 g/mol. The number of carbonyl (C=O) groups is 5. The first-order chi connectivity index (χ1) is 15.9. The Hall–Kier alpha value is -2.38. The van der Waals surface area contributed by atoms with Gasteiger partial charge in [-0.05, 0) is 56.6 Å². The number of carboxylic acids is 1. The summed E-state index contributed by atoms with van der Waals surface area (Å²) in [6.07, 6.45) is 3.27. The maximum atomic E-state index is 12.9. The number of carbonyl (C=O) groups excluding carboxylic acids is 4. The van der Waals surface area contributed by atoms with Gasteiger partial charge in [0, 0.05) is 0 Å². The van der Waals surface area contributed by atoms with Gasteiger partial charge in [-0.15, -0.1) is 0 Å². The third-order valence-electron chi connectivity index (χ3n) is 4.91. The van der Waals surface area contributed by atoms with E-state index in [4.69, 9.17) is 17.2 Å². The largest absolute Gasteiger partial charge is 0.480 e. The highest BCUT2D eigenvalue weighted by molar-refractivity contribution is 7.98. The van der Waals surface area contributed by atoms with Crippen LogP contribution in [-0.4, -0.2) is 77.4 Å². The van der Waals surface area contributed by atoms with E-state index in [-0.39, 0.29) is 18.8 Å². The van der Waals surface area contributed by atoms with E-state index in [1.165, 1.54) is 11.8 Å². The van der Waals surface area contributed by atoms with Crippen LogP contribution in [0.25, 0.3) is 0 Å². The van der Waals surface area contributed by atoms with Crippen LogP contribution in [-0.2, 0) is 24.0 Å². The number of nitrogens with two attached hydrogens (primary N) is 3. The summed E-state index contributed by atoms with van der Waals surface area (Å²) in [5, 5.41) is 16.8. The lowest BCUT2D eigenvalue weighted by molar-refractivity contribution is -0.142. The van der Waals surface area contributed by atoms with Gasteiger partial charge in [0.2, 0.25) is 23.6 Å². The predicted octanol–water partition coefficient (Wildman–Crippen LogP) is -1.34. The molecular weight excluding hydrogens is 464 g/mol. The molecule has 4 amide bonds. The highest BCUT2D eigenvalue weighted by Gasteiger charge is 2.31. The van der Waals surface area contributed by atoms with Gasteiger partial charge < -0.3 is 38.3 Å². The third kappa shape index (κ3) is 13.4. The van der Waals surface area contributed by atoms with Crippen molar-refractivity contribution in [1.82, 2.24) is 16.0 Å². The van der Waals surface area contributed by atoms with E-state index in [1.807, 2.05) is 20.1 Å². The van der Waals surface area contributed by atoms with Crippen molar-refractivity contribution < 1.29 is 29.1 Å². The Balaban J connectivity index is 5.43. The molecule has 0 heterocycles. The Morgan fingerprint density at radius 3 is 1.94 bits per heavy atom. The number of thioether (sulfide) groups is 1. The second-order valence-electron chi connectivity index (χ2n) is 8.49. The van der Waals surface area contributed by atoms with Crippen molar-refractivity contribution in [3.05, 3.63) is 0 Å². The summed E-state index contributed by atoms with van der Waals surface area (Å²) in [5.74, 6) is -3.50. The first kappa shape index (κ1) is 31.6.